The standard InChI is InChI=1S/C14H25NO/c1-3-12-15(4-2)14(16)11-10-13-8-6-5-7-9-13/h3,13H,1,4-12H2,2H3. The van der Waals surface area contributed by atoms with E-state index in [1.807, 2.05) is 17.9 Å². The zero-order valence-corrected chi connectivity index (χ0v) is 10.6. The second kappa shape index (κ2) is 7.48. The Morgan fingerprint density at radius 3 is 2.62 bits per heavy atom. The highest BCUT2D eigenvalue weighted by Crippen LogP contribution is 2.27. The summed E-state index contributed by atoms with van der Waals surface area (Å²) >= 11 is 0. The van der Waals surface area contributed by atoms with E-state index >= 15 is 0 Å². The minimum absolute atomic E-state index is 0.299. The van der Waals surface area contributed by atoms with E-state index in [1.165, 1.54) is 32.1 Å². The number of amides is 1. The maximum Gasteiger partial charge on any atom is 0.222 e. The zero-order valence-electron chi connectivity index (χ0n) is 10.6. The van der Waals surface area contributed by atoms with Crippen molar-refractivity contribution >= 4 is 5.91 Å². The molecule has 0 spiro atoms. The van der Waals surface area contributed by atoms with Crippen LogP contribution in [0.5, 0.6) is 0 Å². The van der Waals surface area contributed by atoms with E-state index in [-0.39, 0.29) is 0 Å². The average Bonchev–Trinajstić information content (AvgIpc) is 2.34. The van der Waals surface area contributed by atoms with E-state index in [4.69, 9.17) is 0 Å². The Morgan fingerprint density at radius 2 is 2.06 bits per heavy atom. The van der Waals surface area contributed by atoms with Crippen molar-refractivity contribution in [3.63, 3.8) is 0 Å². The van der Waals surface area contributed by atoms with Gasteiger partial charge in [0.2, 0.25) is 5.91 Å². The largest absolute Gasteiger partial charge is 0.339 e. The van der Waals surface area contributed by atoms with Gasteiger partial charge in [0.25, 0.3) is 0 Å². The Balaban J connectivity index is 2.24. The Hall–Kier alpha value is -0.790. The summed E-state index contributed by atoms with van der Waals surface area (Å²) in [7, 11) is 0. The van der Waals surface area contributed by atoms with E-state index in [1.54, 1.807) is 0 Å². The molecule has 16 heavy (non-hydrogen) atoms. The lowest BCUT2D eigenvalue weighted by Gasteiger charge is -2.23. The molecule has 0 N–H and O–H groups in total. The molecule has 1 aliphatic carbocycles. The van der Waals surface area contributed by atoms with Crippen LogP contribution in [0.4, 0.5) is 0 Å². The Bertz CT molecular complexity index is 219. The van der Waals surface area contributed by atoms with Gasteiger partial charge in [0.05, 0.1) is 0 Å². The molecule has 2 nitrogen and oxygen atoms in total. The Kier molecular flexibility index (Phi) is 6.20. The zero-order chi connectivity index (χ0) is 11.8. The van der Waals surface area contributed by atoms with Crippen LogP contribution in [0.1, 0.15) is 51.9 Å². The Morgan fingerprint density at radius 1 is 1.38 bits per heavy atom. The molecule has 0 aromatic heterocycles. The molecule has 1 fully saturated rings. The smallest absolute Gasteiger partial charge is 0.222 e. The number of carbonyl (C=O) groups excluding carboxylic acids is 1. The van der Waals surface area contributed by atoms with Gasteiger partial charge in [-0.2, -0.15) is 0 Å². The molecule has 0 aromatic rings. The van der Waals surface area contributed by atoms with E-state index < -0.39 is 0 Å². The van der Waals surface area contributed by atoms with Crippen LogP contribution in [0.15, 0.2) is 12.7 Å². The molecule has 0 atom stereocenters. The van der Waals surface area contributed by atoms with Gasteiger partial charge in [-0.1, -0.05) is 38.2 Å². The van der Waals surface area contributed by atoms with E-state index in [2.05, 4.69) is 6.58 Å². The maximum atomic E-state index is 11.9. The van der Waals surface area contributed by atoms with E-state index in [9.17, 15) is 4.79 Å². The molecule has 0 bridgehead atoms. The number of hydrogen-bond donors (Lipinski definition) is 0. The number of nitrogens with zero attached hydrogens (tertiary/aromatic N) is 1. The van der Waals surface area contributed by atoms with Crippen molar-refractivity contribution in [2.24, 2.45) is 5.92 Å². The van der Waals surface area contributed by atoms with Crippen LogP contribution in [-0.2, 0) is 4.79 Å². The third kappa shape index (κ3) is 4.38. The van der Waals surface area contributed by atoms with Gasteiger partial charge in [0, 0.05) is 19.5 Å². The summed E-state index contributed by atoms with van der Waals surface area (Å²) in [5.41, 5.74) is 0. The number of rotatable bonds is 6. The highest BCUT2D eigenvalue weighted by molar-refractivity contribution is 5.76. The molecule has 0 saturated heterocycles. The minimum Gasteiger partial charge on any atom is -0.339 e. The van der Waals surface area contributed by atoms with Gasteiger partial charge >= 0.3 is 0 Å². The van der Waals surface area contributed by atoms with Crippen LogP contribution in [0, 0.1) is 5.92 Å². The maximum absolute atomic E-state index is 11.9. The summed E-state index contributed by atoms with van der Waals surface area (Å²) in [4.78, 5) is 13.8. The van der Waals surface area contributed by atoms with Crippen LogP contribution in [-0.4, -0.2) is 23.9 Å². The second-order valence-corrected chi connectivity index (χ2v) is 4.76. The topological polar surface area (TPSA) is 20.3 Å². The first-order chi connectivity index (χ1) is 7.77. The molecule has 0 heterocycles. The molecule has 1 rings (SSSR count). The van der Waals surface area contributed by atoms with Crippen LogP contribution in [0.3, 0.4) is 0 Å². The van der Waals surface area contributed by atoms with Gasteiger partial charge in [-0.05, 0) is 19.3 Å². The van der Waals surface area contributed by atoms with Crippen molar-refractivity contribution in [1.82, 2.24) is 4.90 Å². The van der Waals surface area contributed by atoms with E-state index in [0.717, 1.165) is 25.3 Å². The lowest BCUT2D eigenvalue weighted by atomic mass is 9.86. The quantitative estimate of drug-likeness (QED) is 0.632. The van der Waals surface area contributed by atoms with Crippen LogP contribution in [0.25, 0.3) is 0 Å². The third-order valence-corrected chi connectivity index (χ3v) is 3.58. The molecule has 0 aliphatic heterocycles. The van der Waals surface area contributed by atoms with Gasteiger partial charge in [0.15, 0.2) is 0 Å². The fourth-order valence-corrected chi connectivity index (χ4v) is 2.52. The van der Waals surface area contributed by atoms with Crippen molar-refractivity contribution in [3.05, 3.63) is 12.7 Å². The molecule has 1 saturated carbocycles. The van der Waals surface area contributed by atoms with Gasteiger partial charge in [0.1, 0.15) is 0 Å². The van der Waals surface area contributed by atoms with Crippen molar-refractivity contribution < 1.29 is 4.79 Å². The molecular weight excluding hydrogens is 198 g/mol. The SMILES string of the molecule is C=CCN(CC)C(=O)CCC1CCCCC1. The first-order valence-corrected chi connectivity index (χ1v) is 6.66. The van der Waals surface area contributed by atoms with Gasteiger partial charge in [-0.3, -0.25) is 4.79 Å². The molecule has 0 radical (unpaired) electrons. The first kappa shape index (κ1) is 13.3. The van der Waals surface area contributed by atoms with Crippen molar-refractivity contribution in [2.75, 3.05) is 13.1 Å². The molecule has 0 aromatic carbocycles. The second-order valence-electron chi connectivity index (χ2n) is 4.76. The predicted octanol–water partition coefficient (Wildman–Crippen LogP) is 3.38. The molecule has 1 aliphatic rings. The fraction of sp³-hybridized carbons (Fsp3) is 0.786. The normalized spacial score (nSPS) is 17.1. The molecule has 2 heteroatoms. The first-order valence-electron chi connectivity index (χ1n) is 6.66. The molecular formula is C14H25NO. The molecule has 1 amide bonds. The monoisotopic (exact) mass is 223 g/mol. The highest BCUT2D eigenvalue weighted by Gasteiger charge is 2.16. The third-order valence-electron chi connectivity index (χ3n) is 3.58. The summed E-state index contributed by atoms with van der Waals surface area (Å²) in [6.45, 7) is 7.21. The van der Waals surface area contributed by atoms with Gasteiger partial charge in [-0.15, -0.1) is 6.58 Å². The van der Waals surface area contributed by atoms with Crippen molar-refractivity contribution in [2.45, 2.75) is 51.9 Å². The summed E-state index contributed by atoms with van der Waals surface area (Å²) in [5.74, 6) is 1.10. The van der Waals surface area contributed by atoms with E-state index in [0.29, 0.717) is 12.5 Å². The summed E-state index contributed by atoms with van der Waals surface area (Å²) in [6, 6.07) is 0. The lowest BCUT2D eigenvalue weighted by Crippen LogP contribution is -2.31. The van der Waals surface area contributed by atoms with Crippen molar-refractivity contribution in [3.8, 4) is 0 Å². The Labute approximate surface area is 99.7 Å². The predicted molar refractivity (Wildman–Crippen MR) is 68.3 cm³/mol. The lowest BCUT2D eigenvalue weighted by molar-refractivity contribution is -0.130. The van der Waals surface area contributed by atoms with Gasteiger partial charge in [-0.25, -0.2) is 0 Å². The fourth-order valence-electron chi connectivity index (χ4n) is 2.52. The summed E-state index contributed by atoms with van der Waals surface area (Å²) < 4.78 is 0. The van der Waals surface area contributed by atoms with Crippen molar-refractivity contribution in [1.29, 1.82) is 0 Å². The van der Waals surface area contributed by atoms with Crippen LogP contribution >= 0.6 is 0 Å². The summed E-state index contributed by atoms with van der Waals surface area (Å²) in [6.07, 6.45) is 10.4. The number of likely N-dealkylation sites (N-methyl/N-ethyl adjacent to an activating group) is 1. The highest BCUT2D eigenvalue weighted by atomic mass is 16.2. The molecule has 92 valence electrons. The molecule has 0 unspecified atom stereocenters. The van der Waals surface area contributed by atoms with Crippen LogP contribution in [0.2, 0.25) is 0 Å². The van der Waals surface area contributed by atoms with Crippen LogP contribution < -0.4 is 0 Å². The minimum atomic E-state index is 0.299. The summed E-state index contributed by atoms with van der Waals surface area (Å²) in [5, 5.41) is 0. The average molecular weight is 223 g/mol. The number of carbonyl (C=O) groups is 1. The van der Waals surface area contributed by atoms with Gasteiger partial charge < -0.3 is 4.90 Å². The number of hydrogen-bond acceptors (Lipinski definition) is 1.